The van der Waals surface area contributed by atoms with Gasteiger partial charge in [-0.2, -0.15) is 4.98 Å². The molecule has 5 rings (SSSR count). The number of carbonyl (C=O) groups excluding carboxylic acids is 1. The van der Waals surface area contributed by atoms with Gasteiger partial charge in [0.05, 0.1) is 6.04 Å². The van der Waals surface area contributed by atoms with E-state index < -0.39 is 11.3 Å². The molecule has 33 heavy (non-hydrogen) atoms. The van der Waals surface area contributed by atoms with E-state index in [9.17, 15) is 14.7 Å². The molecule has 2 aliphatic rings. The second-order valence-electron chi connectivity index (χ2n) is 8.96. The molecule has 170 valence electrons. The van der Waals surface area contributed by atoms with Gasteiger partial charge >= 0.3 is 5.56 Å². The predicted molar refractivity (Wildman–Crippen MR) is 129 cm³/mol. The summed E-state index contributed by atoms with van der Waals surface area (Å²) in [6.45, 7) is 4.39. The van der Waals surface area contributed by atoms with Crippen molar-refractivity contribution < 1.29 is 9.90 Å². The fourth-order valence-electron chi connectivity index (χ4n) is 5.34. The molecule has 2 aromatic carbocycles. The molecule has 1 amide bonds. The van der Waals surface area contributed by atoms with Gasteiger partial charge in [-0.05, 0) is 55.2 Å². The molecule has 0 saturated carbocycles. The first-order valence-electron chi connectivity index (χ1n) is 11.3. The molecule has 2 heterocycles. The van der Waals surface area contributed by atoms with E-state index in [4.69, 9.17) is 0 Å². The van der Waals surface area contributed by atoms with Crippen molar-refractivity contribution in [2.24, 2.45) is 0 Å². The number of hydrogen-bond donors (Lipinski definition) is 1. The summed E-state index contributed by atoms with van der Waals surface area (Å²) in [4.78, 5) is 31.8. The van der Waals surface area contributed by atoms with Crippen molar-refractivity contribution in [2.45, 2.75) is 49.8 Å². The van der Waals surface area contributed by atoms with E-state index in [1.165, 1.54) is 34.0 Å². The monoisotopic (exact) mass is 461 g/mol. The SMILES string of the molecule is CSc1nc(=O)c(O)c2n1[C@@H](C1c3ccccc3CCc3ccccc31)CN(C(C)C)C2=O. The smallest absolute Gasteiger partial charge is 0.316 e. The summed E-state index contributed by atoms with van der Waals surface area (Å²) in [5.41, 5.74) is 4.31. The zero-order chi connectivity index (χ0) is 23.3. The molecule has 0 fully saturated rings. The largest absolute Gasteiger partial charge is 0.501 e. The third-order valence-electron chi connectivity index (χ3n) is 6.88. The Labute approximate surface area is 197 Å². The van der Waals surface area contributed by atoms with Crippen LogP contribution in [0, 0.1) is 0 Å². The van der Waals surface area contributed by atoms with Crippen LogP contribution in [0.25, 0.3) is 0 Å². The molecule has 1 aliphatic heterocycles. The standard InChI is InChI=1S/C26H27N3O3S/c1-15(2)28-14-20(29-22(25(28)32)23(30)24(31)27-26(29)33-3)21-18-10-6-4-8-16(18)12-13-17-9-5-7-11-19(17)21/h4-11,15,20-21,30H,12-14H2,1-3H3/t20-/m1/s1. The maximum atomic E-state index is 13.5. The summed E-state index contributed by atoms with van der Waals surface area (Å²) >= 11 is 1.32. The first-order valence-corrected chi connectivity index (χ1v) is 12.5. The summed E-state index contributed by atoms with van der Waals surface area (Å²) in [6, 6.07) is 16.7. The summed E-state index contributed by atoms with van der Waals surface area (Å²) in [7, 11) is 0. The Kier molecular flexibility index (Phi) is 5.52. The van der Waals surface area contributed by atoms with Gasteiger partial charge in [0.25, 0.3) is 5.91 Å². The van der Waals surface area contributed by atoms with Crippen molar-refractivity contribution in [2.75, 3.05) is 12.8 Å². The quantitative estimate of drug-likeness (QED) is 0.471. The van der Waals surface area contributed by atoms with Crippen molar-refractivity contribution in [3.05, 3.63) is 86.8 Å². The van der Waals surface area contributed by atoms with E-state index in [1.807, 2.05) is 24.7 Å². The first-order chi connectivity index (χ1) is 15.9. The third-order valence-corrected chi connectivity index (χ3v) is 7.54. The molecule has 0 radical (unpaired) electrons. The number of rotatable bonds is 3. The Hall–Kier alpha value is -3.06. The lowest BCUT2D eigenvalue weighted by atomic mass is 9.81. The Morgan fingerprint density at radius 1 is 1.00 bits per heavy atom. The highest BCUT2D eigenvalue weighted by Gasteiger charge is 2.42. The van der Waals surface area contributed by atoms with Crippen molar-refractivity contribution in [1.82, 2.24) is 14.5 Å². The number of aromatic nitrogens is 2. The van der Waals surface area contributed by atoms with Crippen LogP contribution >= 0.6 is 11.8 Å². The molecule has 0 saturated heterocycles. The van der Waals surface area contributed by atoms with Gasteiger partial charge in [0.2, 0.25) is 5.75 Å². The molecule has 6 nitrogen and oxygen atoms in total. The minimum Gasteiger partial charge on any atom is -0.501 e. The highest BCUT2D eigenvalue weighted by Crippen LogP contribution is 2.45. The van der Waals surface area contributed by atoms with E-state index in [-0.39, 0.29) is 29.6 Å². The second-order valence-corrected chi connectivity index (χ2v) is 9.74. The zero-order valence-electron chi connectivity index (χ0n) is 19.0. The molecule has 3 aromatic rings. The van der Waals surface area contributed by atoms with Crippen LogP contribution in [0.2, 0.25) is 0 Å². The van der Waals surface area contributed by atoms with Crippen LogP contribution in [0.5, 0.6) is 5.75 Å². The van der Waals surface area contributed by atoms with Crippen molar-refractivity contribution in [1.29, 1.82) is 0 Å². The van der Waals surface area contributed by atoms with Crippen molar-refractivity contribution in [3.8, 4) is 5.75 Å². The molecule has 1 aliphatic carbocycles. The highest BCUT2D eigenvalue weighted by molar-refractivity contribution is 7.98. The molecule has 0 unspecified atom stereocenters. The van der Waals surface area contributed by atoms with E-state index in [0.29, 0.717) is 11.7 Å². The van der Waals surface area contributed by atoms with Gasteiger partial charge in [-0.1, -0.05) is 60.3 Å². The lowest BCUT2D eigenvalue weighted by Gasteiger charge is -2.42. The highest BCUT2D eigenvalue weighted by atomic mass is 32.2. The molecule has 7 heteroatoms. The molecule has 1 aromatic heterocycles. The third kappa shape index (κ3) is 3.46. The number of nitrogens with zero attached hydrogens (tertiary/aromatic N) is 3. The van der Waals surface area contributed by atoms with Gasteiger partial charge in [0.1, 0.15) is 0 Å². The topological polar surface area (TPSA) is 75.4 Å². The van der Waals surface area contributed by atoms with E-state index in [0.717, 1.165) is 12.8 Å². The number of benzene rings is 2. The van der Waals surface area contributed by atoms with Gasteiger partial charge in [0.15, 0.2) is 10.9 Å². The van der Waals surface area contributed by atoms with Crippen LogP contribution in [0.3, 0.4) is 0 Å². The van der Waals surface area contributed by atoms with Gasteiger partial charge in [0, 0.05) is 18.5 Å². The van der Waals surface area contributed by atoms with Crippen LogP contribution < -0.4 is 5.56 Å². The number of thioether (sulfide) groups is 1. The molecular formula is C26H27N3O3S. The molecule has 0 spiro atoms. The lowest BCUT2D eigenvalue weighted by Crippen LogP contribution is -2.49. The summed E-state index contributed by atoms with van der Waals surface area (Å²) in [6.07, 6.45) is 3.73. The predicted octanol–water partition coefficient (Wildman–Crippen LogP) is 4.01. The maximum absolute atomic E-state index is 13.5. The van der Waals surface area contributed by atoms with Crippen molar-refractivity contribution >= 4 is 17.7 Å². The van der Waals surface area contributed by atoms with Crippen LogP contribution in [0.15, 0.2) is 58.5 Å². The van der Waals surface area contributed by atoms with Crippen LogP contribution in [0.4, 0.5) is 0 Å². The summed E-state index contributed by atoms with van der Waals surface area (Å²) in [5, 5.41) is 11.2. The van der Waals surface area contributed by atoms with Crippen LogP contribution in [0.1, 0.15) is 58.5 Å². The Balaban J connectivity index is 1.84. The minimum atomic E-state index is -0.759. The fraction of sp³-hybridized carbons (Fsp3) is 0.346. The second kappa shape index (κ2) is 8.37. The number of hydrogen-bond acceptors (Lipinski definition) is 5. The normalized spacial score (nSPS) is 18.0. The molecule has 1 N–H and O–H groups in total. The average Bonchev–Trinajstić information content (AvgIpc) is 2.98. The summed E-state index contributed by atoms with van der Waals surface area (Å²) < 4.78 is 1.83. The molecule has 0 bridgehead atoms. The van der Waals surface area contributed by atoms with E-state index >= 15 is 0 Å². The Morgan fingerprint density at radius 2 is 1.58 bits per heavy atom. The van der Waals surface area contributed by atoms with Gasteiger partial charge in [-0.3, -0.25) is 9.59 Å². The van der Waals surface area contributed by atoms with E-state index in [2.05, 4.69) is 53.5 Å². The number of aromatic hydroxyl groups is 1. The average molecular weight is 462 g/mol. The van der Waals surface area contributed by atoms with Crippen molar-refractivity contribution in [3.63, 3.8) is 0 Å². The van der Waals surface area contributed by atoms with Crippen LogP contribution in [-0.2, 0) is 12.8 Å². The minimum absolute atomic E-state index is 0.0449. The number of amides is 1. The molecule has 1 atom stereocenters. The Bertz CT molecular complexity index is 1250. The molecular weight excluding hydrogens is 434 g/mol. The zero-order valence-corrected chi connectivity index (χ0v) is 19.8. The van der Waals surface area contributed by atoms with Crippen LogP contribution in [-0.4, -0.2) is 44.3 Å². The Morgan fingerprint density at radius 3 is 2.12 bits per heavy atom. The number of fused-ring (bicyclic) bond motifs is 3. The van der Waals surface area contributed by atoms with E-state index in [1.54, 1.807) is 4.90 Å². The summed E-state index contributed by atoms with van der Waals surface area (Å²) in [5.74, 6) is -0.949. The fourth-order valence-corrected chi connectivity index (χ4v) is 5.94. The van der Waals surface area contributed by atoms with Gasteiger partial charge < -0.3 is 14.6 Å². The maximum Gasteiger partial charge on any atom is 0.316 e. The first kappa shape index (κ1) is 21.8. The van der Waals surface area contributed by atoms with Gasteiger partial charge in [-0.15, -0.1) is 0 Å². The lowest BCUT2D eigenvalue weighted by molar-refractivity contribution is 0.0573. The van der Waals surface area contributed by atoms with Gasteiger partial charge in [-0.25, -0.2) is 0 Å². The number of aryl methyl sites for hydroxylation is 2. The number of carbonyl (C=O) groups is 1.